The number of rotatable bonds is 7. The monoisotopic (exact) mass is 765 g/mol. The van der Waals surface area contributed by atoms with Crippen LogP contribution in [0.4, 0.5) is 0 Å². The third-order valence-corrected chi connectivity index (χ3v) is 12.8. The van der Waals surface area contributed by atoms with E-state index in [9.17, 15) is 27.6 Å². The second kappa shape index (κ2) is 14.7. The number of carbonyl (C=O) groups is 4. The van der Waals surface area contributed by atoms with E-state index in [2.05, 4.69) is 25.3 Å². The molecule has 4 aromatic rings. The van der Waals surface area contributed by atoms with Gasteiger partial charge in [-0.25, -0.2) is 18.4 Å². The summed E-state index contributed by atoms with van der Waals surface area (Å²) < 4.78 is 34.6. The van der Waals surface area contributed by atoms with E-state index < -0.39 is 68.5 Å². The third kappa shape index (κ3) is 7.49. The van der Waals surface area contributed by atoms with Crippen LogP contribution in [0.3, 0.4) is 0 Å². The first-order valence-electron chi connectivity index (χ1n) is 18.9. The maximum absolute atomic E-state index is 14.6. The molecule has 4 heterocycles. The van der Waals surface area contributed by atoms with Crippen LogP contribution < -0.4 is 20.1 Å². The van der Waals surface area contributed by atoms with E-state index >= 15 is 0 Å². The number of para-hydroxylation sites is 1. The number of nitrogens with one attached hydrogen (secondary N) is 3. The molecule has 2 aliphatic heterocycles. The topological polar surface area (TPSA) is 190 Å². The molecule has 8 rings (SSSR count). The summed E-state index contributed by atoms with van der Waals surface area (Å²) in [5.74, 6) is -2.52. The van der Waals surface area contributed by atoms with Crippen molar-refractivity contribution in [2.75, 3.05) is 6.54 Å². The molecule has 4 aliphatic rings. The Bertz CT molecular complexity index is 2310. The second-order valence-electron chi connectivity index (χ2n) is 15.0. The normalized spacial score (nSPS) is 26.5. The Morgan fingerprint density at radius 1 is 0.945 bits per heavy atom. The third-order valence-electron chi connectivity index (χ3n) is 11.0. The molecule has 0 radical (unpaired) electrons. The van der Waals surface area contributed by atoms with Crippen LogP contribution in [0.1, 0.15) is 74.0 Å². The molecule has 2 saturated carbocycles. The predicted molar refractivity (Wildman–Crippen MR) is 203 cm³/mol. The SMILES string of the molecule is Cc1cnc(C(=O)N[C@H]2CCCCC/C=C\C3C[C@@]3(C(=O)NS(=O)(=O)C3CC3)NC(=O)[C@@H]3C[C@@H](Oc4nc5ccccc5c5ccccc45)CN3C2=O)cn1. The largest absolute Gasteiger partial charge is 0.472 e. The van der Waals surface area contributed by atoms with Crippen molar-refractivity contribution in [3.05, 3.63) is 84.5 Å². The number of carbonyl (C=O) groups excluding carboxylic acids is 4. The Morgan fingerprint density at radius 2 is 1.71 bits per heavy atom. The van der Waals surface area contributed by atoms with Gasteiger partial charge in [-0.2, -0.15) is 0 Å². The first-order chi connectivity index (χ1) is 26.5. The van der Waals surface area contributed by atoms with Gasteiger partial charge in [-0.05, 0) is 63.0 Å². The van der Waals surface area contributed by atoms with Crippen molar-refractivity contribution >= 4 is 55.3 Å². The minimum absolute atomic E-state index is 0.00491. The average molecular weight is 766 g/mol. The molecule has 4 amide bonds. The van der Waals surface area contributed by atoms with Crippen LogP contribution in [-0.2, 0) is 24.4 Å². The number of allylic oxidation sites excluding steroid dienone is 1. The van der Waals surface area contributed by atoms with Gasteiger partial charge in [0.1, 0.15) is 29.4 Å². The van der Waals surface area contributed by atoms with Crippen LogP contribution >= 0.6 is 0 Å². The van der Waals surface area contributed by atoms with E-state index in [1.165, 1.54) is 17.3 Å². The molecule has 0 bridgehead atoms. The minimum Gasteiger partial charge on any atom is -0.472 e. The fourth-order valence-electron chi connectivity index (χ4n) is 7.71. The number of ether oxygens (including phenoxy) is 1. The number of hydrogen-bond donors (Lipinski definition) is 3. The quantitative estimate of drug-likeness (QED) is 0.185. The molecule has 14 nitrogen and oxygen atoms in total. The first-order valence-corrected chi connectivity index (χ1v) is 20.5. The number of amides is 4. The van der Waals surface area contributed by atoms with Gasteiger partial charge < -0.3 is 20.3 Å². The summed E-state index contributed by atoms with van der Waals surface area (Å²) in [5, 5.41) is 7.79. The van der Waals surface area contributed by atoms with Crippen molar-refractivity contribution in [2.24, 2.45) is 5.92 Å². The number of aromatic nitrogens is 3. The van der Waals surface area contributed by atoms with Crippen LogP contribution in [0.25, 0.3) is 21.7 Å². The van der Waals surface area contributed by atoms with Crippen molar-refractivity contribution in [3.8, 4) is 5.88 Å². The number of benzene rings is 2. The van der Waals surface area contributed by atoms with Gasteiger partial charge in [0.05, 0.1) is 29.2 Å². The van der Waals surface area contributed by atoms with Gasteiger partial charge in [0, 0.05) is 29.3 Å². The van der Waals surface area contributed by atoms with Crippen LogP contribution in [0.15, 0.2) is 73.1 Å². The lowest BCUT2D eigenvalue weighted by atomic mass is 10.0. The number of fused-ring (bicyclic) bond motifs is 5. The molecular formula is C40H43N7O7S. The lowest BCUT2D eigenvalue weighted by Gasteiger charge is -2.29. The number of pyridine rings is 1. The summed E-state index contributed by atoms with van der Waals surface area (Å²) in [6.07, 6.45) is 10.4. The molecular weight excluding hydrogens is 723 g/mol. The minimum atomic E-state index is -3.89. The number of sulfonamides is 1. The Hall–Kier alpha value is -5.44. The molecule has 286 valence electrons. The van der Waals surface area contributed by atoms with Crippen LogP contribution in [0.5, 0.6) is 5.88 Å². The van der Waals surface area contributed by atoms with Gasteiger partial charge in [0.25, 0.3) is 11.8 Å². The summed E-state index contributed by atoms with van der Waals surface area (Å²) in [6, 6.07) is 13.3. The Morgan fingerprint density at radius 3 is 2.47 bits per heavy atom. The van der Waals surface area contributed by atoms with Crippen LogP contribution in [0.2, 0.25) is 0 Å². The summed E-state index contributed by atoms with van der Waals surface area (Å²) in [5.41, 5.74) is -0.0889. The van der Waals surface area contributed by atoms with Gasteiger partial charge in [0.15, 0.2) is 0 Å². The molecule has 3 N–H and O–H groups in total. The maximum atomic E-state index is 14.6. The van der Waals surface area contributed by atoms with E-state index in [-0.39, 0.29) is 25.1 Å². The summed E-state index contributed by atoms with van der Waals surface area (Å²) >= 11 is 0. The highest BCUT2D eigenvalue weighted by Gasteiger charge is 2.62. The summed E-state index contributed by atoms with van der Waals surface area (Å²) in [6.45, 7) is 1.75. The Labute approximate surface area is 318 Å². The van der Waals surface area contributed by atoms with E-state index in [4.69, 9.17) is 9.72 Å². The molecule has 1 saturated heterocycles. The standard InChI is InChI=1S/C40H43N7O7S/c1-24-21-42-33(22-41-24)35(48)43-32-16-6-4-2-3-5-11-25-20-40(25,39(51)46-55(52,53)27-17-18-27)45-36(49)34-19-26(23-47(34)38(32)50)54-37-30-14-8-7-12-28(30)29-13-9-10-15-31(29)44-37/h5,7-15,21-22,25-27,32,34H,2-4,6,16-20,23H2,1H3,(H,43,48)(H,45,49)(H,46,51)/b11-5-/t25?,26-,32+,34+,40-/m1/s1. The Balaban J connectivity index is 1.12. The fraction of sp³-hybridized carbons (Fsp3) is 0.425. The first kappa shape index (κ1) is 36.5. The van der Waals surface area contributed by atoms with Crippen LogP contribution in [-0.4, -0.2) is 87.4 Å². The van der Waals surface area contributed by atoms with Gasteiger partial charge in [-0.1, -0.05) is 61.4 Å². The van der Waals surface area contributed by atoms with Crippen molar-refractivity contribution in [1.82, 2.24) is 35.2 Å². The lowest BCUT2D eigenvalue weighted by molar-refractivity contribution is -0.141. The summed E-state index contributed by atoms with van der Waals surface area (Å²) in [7, 11) is -3.89. The average Bonchev–Trinajstić information content (AvgIpc) is 4.11. The van der Waals surface area contributed by atoms with E-state index in [0.29, 0.717) is 43.7 Å². The van der Waals surface area contributed by atoms with E-state index in [1.807, 2.05) is 60.7 Å². The lowest BCUT2D eigenvalue weighted by Crippen LogP contribution is -2.58. The van der Waals surface area contributed by atoms with Gasteiger partial charge in [0.2, 0.25) is 27.7 Å². The zero-order chi connectivity index (χ0) is 38.3. The second-order valence-corrected chi connectivity index (χ2v) is 17.0. The van der Waals surface area contributed by atoms with Gasteiger partial charge in [-0.15, -0.1) is 0 Å². The van der Waals surface area contributed by atoms with Gasteiger partial charge >= 0.3 is 0 Å². The van der Waals surface area contributed by atoms with Crippen molar-refractivity contribution in [3.63, 3.8) is 0 Å². The van der Waals surface area contributed by atoms with Crippen molar-refractivity contribution < 1.29 is 32.3 Å². The highest BCUT2D eigenvalue weighted by atomic mass is 32.2. The molecule has 3 fully saturated rings. The predicted octanol–water partition coefficient (Wildman–Crippen LogP) is 3.64. The number of nitrogens with zero attached hydrogens (tertiary/aromatic N) is 4. The van der Waals surface area contributed by atoms with E-state index in [0.717, 1.165) is 34.5 Å². The molecule has 0 spiro atoms. The highest BCUT2D eigenvalue weighted by Crippen LogP contribution is 2.46. The van der Waals surface area contributed by atoms with Crippen molar-refractivity contribution in [2.45, 2.75) is 93.7 Å². The summed E-state index contributed by atoms with van der Waals surface area (Å²) in [4.78, 5) is 70.9. The number of aryl methyl sites for hydroxylation is 1. The number of hydrogen-bond acceptors (Lipinski definition) is 10. The zero-order valence-electron chi connectivity index (χ0n) is 30.4. The molecule has 55 heavy (non-hydrogen) atoms. The van der Waals surface area contributed by atoms with Gasteiger partial charge in [-0.3, -0.25) is 28.9 Å². The van der Waals surface area contributed by atoms with Crippen molar-refractivity contribution in [1.29, 1.82) is 0 Å². The fourth-order valence-corrected chi connectivity index (χ4v) is 9.07. The Kier molecular flexibility index (Phi) is 9.74. The zero-order valence-corrected chi connectivity index (χ0v) is 31.3. The van der Waals surface area contributed by atoms with Crippen LogP contribution in [0, 0.1) is 12.8 Å². The molecule has 2 aromatic carbocycles. The molecule has 1 unspecified atom stereocenters. The highest BCUT2D eigenvalue weighted by molar-refractivity contribution is 7.91. The molecule has 2 aromatic heterocycles. The maximum Gasteiger partial charge on any atom is 0.272 e. The molecule has 15 heteroatoms. The molecule has 2 aliphatic carbocycles. The van der Waals surface area contributed by atoms with E-state index in [1.54, 1.807) is 6.92 Å². The molecule has 5 atom stereocenters. The smallest absolute Gasteiger partial charge is 0.272 e.